The molecule has 1 heterocycles. The fraction of sp³-hybridized carbons (Fsp3) is 0.760. The normalized spacial score (nSPS) is 34.5. The van der Waals surface area contributed by atoms with Gasteiger partial charge in [-0.15, -0.1) is 11.3 Å². The van der Waals surface area contributed by atoms with Crippen LogP contribution < -0.4 is 5.32 Å². The molecule has 0 radical (unpaired) electrons. The maximum Gasteiger partial charge on any atom is 0.341 e. The molecule has 5 aliphatic carbocycles. The van der Waals surface area contributed by atoms with E-state index in [0.29, 0.717) is 11.5 Å². The number of hydrogen-bond acceptors (Lipinski definition) is 4. The van der Waals surface area contributed by atoms with Gasteiger partial charge >= 0.3 is 5.97 Å². The summed E-state index contributed by atoms with van der Waals surface area (Å²) >= 11 is 1.63. The van der Waals surface area contributed by atoms with E-state index in [1.54, 1.807) is 11.3 Å². The van der Waals surface area contributed by atoms with Gasteiger partial charge in [0.25, 0.3) is 0 Å². The lowest BCUT2D eigenvalue weighted by Gasteiger charge is -2.55. The molecule has 1 N–H and O–H groups in total. The van der Waals surface area contributed by atoms with E-state index in [-0.39, 0.29) is 22.7 Å². The second-order valence-electron chi connectivity index (χ2n) is 11.7. The minimum Gasteiger partial charge on any atom is -0.465 e. The van der Waals surface area contributed by atoms with Gasteiger partial charge in [0.2, 0.25) is 5.91 Å². The van der Waals surface area contributed by atoms with Crippen molar-refractivity contribution in [3.8, 4) is 0 Å². The Morgan fingerprint density at radius 3 is 2.20 bits per heavy atom. The molecule has 1 amide bonds. The van der Waals surface area contributed by atoms with Crippen LogP contribution in [0.25, 0.3) is 0 Å². The quantitative estimate of drug-likeness (QED) is 0.614. The van der Waals surface area contributed by atoms with Gasteiger partial charge < -0.3 is 10.1 Å². The Balaban J connectivity index is 1.44. The predicted molar refractivity (Wildman–Crippen MR) is 120 cm³/mol. The van der Waals surface area contributed by atoms with E-state index in [0.717, 1.165) is 66.8 Å². The summed E-state index contributed by atoms with van der Waals surface area (Å²) in [7, 11) is 1.44. The van der Waals surface area contributed by atoms with Crippen molar-refractivity contribution >= 4 is 28.2 Å². The van der Waals surface area contributed by atoms with Crippen LogP contribution in [0.4, 0.5) is 5.00 Å². The first kappa shape index (κ1) is 20.5. The molecule has 1 aromatic rings. The van der Waals surface area contributed by atoms with E-state index in [1.165, 1.54) is 31.2 Å². The molecule has 6 rings (SSSR count). The van der Waals surface area contributed by atoms with Crippen molar-refractivity contribution in [2.45, 2.75) is 78.6 Å². The molecule has 0 spiro atoms. The number of hydrogen-bond donors (Lipinski definition) is 1. The molecule has 0 aromatic carbocycles. The number of esters is 1. The molecule has 4 nitrogen and oxygen atoms in total. The van der Waals surface area contributed by atoms with Gasteiger partial charge in [0.15, 0.2) is 0 Å². The first-order valence-electron chi connectivity index (χ1n) is 11.7. The summed E-state index contributed by atoms with van der Waals surface area (Å²) in [5.41, 5.74) is 1.78. The van der Waals surface area contributed by atoms with E-state index >= 15 is 0 Å². The number of anilines is 1. The summed E-state index contributed by atoms with van der Waals surface area (Å²) < 4.78 is 5.14. The second kappa shape index (κ2) is 7.08. The molecular formula is C25H35NO3S. The Labute approximate surface area is 184 Å². The summed E-state index contributed by atoms with van der Waals surface area (Å²) in [6.45, 7) is 6.90. The number of fused-ring (bicyclic) bond motifs is 1. The van der Waals surface area contributed by atoms with Crippen molar-refractivity contribution in [1.82, 2.24) is 0 Å². The lowest BCUT2D eigenvalue weighted by atomic mass is 9.49. The highest BCUT2D eigenvalue weighted by atomic mass is 32.1. The van der Waals surface area contributed by atoms with E-state index < -0.39 is 0 Å². The Morgan fingerprint density at radius 2 is 1.67 bits per heavy atom. The maximum atomic E-state index is 13.6. The highest BCUT2D eigenvalue weighted by Gasteiger charge is 2.54. The van der Waals surface area contributed by atoms with Gasteiger partial charge in [-0.3, -0.25) is 4.79 Å². The van der Waals surface area contributed by atoms with Crippen molar-refractivity contribution < 1.29 is 14.3 Å². The predicted octanol–water partition coefficient (Wildman–Crippen LogP) is 5.84. The summed E-state index contributed by atoms with van der Waals surface area (Å²) in [6, 6.07) is 0. The van der Waals surface area contributed by atoms with Crippen molar-refractivity contribution in [2.75, 3.05) is 12.4 Å². The lowest BCUT2D eigenvalue weighted by molar-refractivity contribution is -0.140. The van der Waals surface area contributed by atoms with Gasteiger partial charge in [0, 0.05) is 4.88 Å². The molecule has 1 atom stereocenters. The topological polar surface area (TPSA) is 55.4 Å². The van der Waals surface area contributed by atoms with Crippen molar-refractivity contribution in [3.05, 3.63) is 16.0 Å². The van der Waals surface area contributed by atoms with Gasteiger partial charge in [0.1, 0.15) is 5.00 Å². The molecule has 0 saturated heterocycles. The number of rotatable bonds is 3. The molecule has 5 heteroatoms. The molecule has 4 fully saturated rings. The minimum absolute atomic E-state index is 0.165. The third-order valence-electron chi connectivity index (χ3n) is 8.63. The third kappa shape index (κ3) is 3.32. The van der Waals surface area contributed by atoms with Crippen molar-refractivity contribution in [1.29, 1.82) is 0 Å². The third-order valence-corrected chi connectivity index (χ3v) is 9.80. The molecule has 4 bridgehead atoms. The fourth-order valence-corrected chi connectivity index (χ4v) is 8.67. The van der Waals surface area contributed by atoms with Crippen LogP contribution in [0.15, 0.2) is 0 Å². The smallest absolute Gasteiger partial charge is 0.341 e. The molecule has 0 aliphatic heterocycles. The highest BCUT2D eigenvalue weighted by Crippen LogP contribution is 2.60. The van der Waals surface area contributed by atoms with E-state index in [2.05, 4.69) is 26.1 Å². The molecule has 4 saturated carbocycles. The zero-order chi connectivity index (χ0) is 21.3. The van der Waals surface area contributed by atoms with Gasteiger partial charge in [0.05, 0.1) is 18.1 Å². The van der Waals surface area contributed by atoms with Crippen molar-refractivity contribution in [3.63, 3.8) is 0 Å². The van der Waals surface area contributed by atoms with Crippen LogP contribution in [0, 0.1) is 34.5 Å². The van der Waals surface area contributed by atoms with Gasteiger partial charge in [-0.1, -0.05) is 20.8 Å². The van der Waals surface area contributed by atoms with Crippen LogP contribution >= 0.6 is 11.3 Å². The van der Waals surface area contributed by atoms with Crippen LogP contribution in [-0.2, 0) is 22.4 Å². The monoisotopic (exact) mass is 429 g/mol. The lowest BCUT2D eigenvalue weighted by Crippen LogP contribution is -2.51. The Morgan fingerprint density at radius 1 is 1.07 bits per heavy atom. The maximum absolute atomic E-state index is 13.6. The Hall–Kier alpha value is -1.36. The number of ether oxygens (including phenoxy) is 1. The fourth-order valence-electron chi connectivity index (χ4n) is 7.36. The first-order chi connectivity index (χ1) is 14.2. The molecule has 164 valence electrons. The summed E-state index contributed by atoms with van der Waals surface area (Å²) in [6.07, 6.45) is 10.0. The van der Waals surface area contributed by atoms with Gasteiger partial charge in [-0.25, -0.2) is 4.79 Å². The summed E-state index contributed by atoms with van der Waals surface area (Å²) in [4.78, 5) is 27.6. The van der Waals surface area contributed by atoms with Gasteiger partial charge in [-0.2, -0.15) is 0 Å². The van der Waals surface area contributed by atoms with Crippen molar-refractivity contribution in [2.24, 2.45) is 34.5 Å². The largest absolute Gasteiger partial charge is 0.465 e. The van der Waals surface area contributed by atoms with E-state index in [1.807, 2.05) is 0 Å². The Kier molecular flexibility index (Phi) is 4.85. The van der Waals surface area contributed by atoms with Crippen LogP contribution in [0.1, 0.15) is 86.5 Å². The molecule has 5 aliphatic rings. The average molecular weight is 430 g/mol. The Bertz CT molecular complexity index is 842. The molecule has 30 heavy (non-hydrogen) atoms. The number of methoxy groups -OCH3 is 1. The zero-order valence-electron chi connectivity index (χ0n) is 18.8. The SMILES string of the molecule is COC(=O)c1c(NC(=O)C23CC4CC(CC(C4)C2)C3)sc2c1CCC(C(C)(C)C)C2. The standard InChI is InChI=1S/C25H35NO3S/c1-24(2,3)17-5-6-18-19(10-17)30-21(20(18)22(27)29-4)26-23(28)25-11-14-7-15(12-25)9-16(8-14)13-25/h14-17H,5-13H2,1-4H3,(H,26,28). The number of thiophene rings is 1. The van der Waals surface area contributed by atoms with Crippen LogP contribution in [0.2, 0.25) is 0 Å². The molecular weight excluding hydrogens is 394 g/mol. The van der Waals surface area contributed by atoms with Crippen LogP contribution in [0.3, 0.4) is 0 Å². The van der Waals surface area contributed by atoms with E-state index in [9.17, 15) is 9.59 Å². The van der Waals surface area contributed by atoms with Crippen LogP contribution in [0.5, 0.6) is 0 Å². The summed E-state index contributed by atoms with van der Waals surface area (Å²) in [5, 5.41) is 4.01. The molecule has 1 unspecified atom stereocenters. The van der Waals surface area contributed by atoms with Crippen LogP contribution in [-0.4, -0.2) is 19.0 Å². The summed E-state index contributed by atoms with van der Waals surface area (Å²) in [5.74, 6) is 2.64. The zero-order valence-corrected chi connectivity index (χ0v) is 19.6. The number of carbonyl (C=O) groups excluding carboxylic acids is 2. The number of amides is 1. The first-order valence-corrected chi connectivity index (χ1v) is 12.5. The molecule has 1 aromatic heterocycles. The van der Waals surface area contributed by atoms with E-state index in [4.69, 9.17) is 4.74 Å². The number of nitrogens with one attached hydrogen (secondary N) is 1. The second-order valence-corrected chi connectivity index (χ2v) is 12.8. The average Bonchev–Trinajstić information content (AvgIpc) is 3.02. The van der Waals surface area contributed by atoms with Gasteiger partial charge in [-0.05, 0) is 92.4 Å². The highest BCUT2D eigenvalue weighted by molar-refractivity contribution is 7.17. The number of carbonyl (C=O) groups is 2. The minimum atomic E-state index is -0.303.